The van der Waals surface area contributed by atoms with Crippen LogP contribution in [0.25, 0.3) is 0 Å². The molecule has 6 nitrogen and oxygen atoms in total. The van der Waals surface area contributed by atoms with Crippen molar-refractivity contribution in [2.24, 2.45) is 0 Å². The quantitative estimate of drug-likeness (QED) is 0.669. The van der Waals surface area contributed by atoms with Gasteiger partial charge >= 0.3 is 0 Å². The van der Waals surface area contributed by atoms with E-state index >= 15 is 0 Å². The lowest BCUT2D eigenvalue weighted by molar-refractivity contribution is -0.255. The molecule has 0 atom stereocenters. The number of hydrogen-bond acceptors (Lipinski definition) is 5. The number of ether oxygens (including phenoxy) is 1. The number of amides is 2. The SMILES string of the molecule is O=C([O-])c1cccc(N2C(=O)c3ccc(Oc4ccccc4)cc3C2=O)c1. The molecule has 4 rings (SSSR count). The predicted octanol–water partition coefficient (Wildman–Crippen LogP) is 2.64. The number of carbonyl (C=O) groups is 3. The molecule has 0 unspecified atom stereocenters. The minimum absolute atomic E-state index is 0.114. The van der Waals surface area contributed by atoms with E-state index in [1.807, 2.05) is 18.2 Å². The van der Waals surface area contributed by atoms with Gasteiger partial charge in [0, 0.05) is 0 Å². The van der Waals surface area contributed by atoms with E-state index in [-0.39, 0.29) is 22.4 Å². The third-order valence-corrected chi connectivity index (χ3v) is 4.18. The van der Waals surface area contributed by atoms with Crippen molar-refractivity contribution in [2.45, 2.75) is 0 Å². The van der Waals surface area contributed by atoms with Crippen molar-refractivity contribution in [2.75, 3.05) is 4.90 Å². The summed E-state index contributed by atoms with van der Waals surface area (Å²) < 4.78 is 5.71. The van der Waals surface area contributed by atoms with Gasteiger partial charge in [-0.3, -0.25) is 9.59 Å². The van der Waals surface area contributed by atoms with E-state index in [1.165, 1.54) is 36.4 Å². The molecule has 3 aromatic carbocycles. The van der Waals surface area contributed by atoms with Gasteiger partial charge in [0.15, 0.2) is 0 Å². The molecule has 3 aromatic rings. The Balaban J connectivity index is 1.68. The van der Waals surface area contributed by atoms with E-state index in [9.17, 15) is 19.5 Å². The second kappa shape index (κ2) is 6.42. The Hall–Kier alpha value is -3.93. The molecular formula is C21H12NO5-. The molecule has 132 valence electrons. The second-order valence-corrected chi connectivity index (χ2v) is 5.91. The number of rotatable bonds is 4. The third kappa shape index (κ3) is 2.93. The topological polar surface area (TPSA) is 86.7 Å². The van der Waals surface area contributed by atoms with Gasteiger partial charge in [0.2, 0.25) is 0 Å². The lowest BCUT2D eigenvalue weighted by Gasteiger charge is -2.15. The number of imide groups is 1. The lowest BCUT2D eigenvalue weighted by atomic mass is 10.1. The van der Waals surface area contributed by atoms with Crippen LogP contribution in [0.15, 0.2) is 72.8 Å². The van der Waals surface area contributed by atoms with Crippen LogP contribution >= 0.6 is 0 Å². The van der Waals surface area contributed by atoms with Crippen LogP contribution in [-0.4, -0.2) is 17.8 Å². The molecule has 1 aliphatic rings. The van der Waals surface area contributed by atoms with Gasteiger partial charge in [0.25, 0.3) is 11.8 Å². The van der Waals surface area contributed by atoms with Crippen molar-refractivity contribution in [3.63, 3.8) is 0 Å². The van der Waals surface area contributed by atoms with E-state index in [0.717, 1.165) is 4.90 Å². The Morgan fingerprint density at radius 1 is 0.778 bits per heavy atom. The van der Waals surface area contributed by atoms with Gasteiger partial charge in [-0.25, -0.2) is 4.90 Å². The molecule has 0 aliphatic carbocycles. The van der Waals surface area contributed by atoms with E-state index in [0.29, 0.717) is 11.5 Å². The summed E-state index contributed by atoms with van der Waals surface area (Å²) in [5.74, 6) is -1.41. The van der Waals surface area contributed by atoms with Crippen LogP contribution in [0.1, 0.15) is 31.1 Å². The normalized spacial score (nSPS) is 12.8. The highest BCUT2D eigenvalue weighted by molar-refractivity contribution is 6.34. The number of carbonyl (C=O) groups excluding carboxylic acids is 3. The average Bonchev–Trinajstić information content (AvgIpc) is 2.93. The fraction of sp³-hybridized carbons (Fsp3) is 0. The van der Waals surface area contributed by atoms with Crippen molar-refractivity contribution in [3.05, 3.63) is 89.5 Å². The predicted molar refractivity (Wildman–Crippen MR) is 94.9 cm³/mol. The van der Waals surface area contributed by atoms with Crippen LogP contribution < -0.4 is 14.7 Å². The molecule has 0 saturated heterocycles. The fourth-order valence-electron chi connectivity index (χ4n) is 2.91. The molecule has 0 aromatic heterocycles. The first-order valence-electron chi connectivity index (χ1n) is 8.12. The van der Waals surface area contributed by atoms with Gasteiger partial charge < -0.3 is 14.6 Å². The molecule has 6 heteroatoms. The van der Waals surface area contributed by atoms with Crippen molar-refractivity contribution in [3.8, 4) is 11.5 Å². The third-order valence-electron chi connectivity index (χ3n) is 4.18. The van der Waals surface area contributed by atoms with E-state index in [1.54, 1.807) is 18.2 Å². The molecule has 0 N–H and O–H groups in total. The maximum Gasteiger partial charge on any atom is 0.266 e. The number of aromatic carboxylic acids is 1. The molecule has 0 saturated carbocycles. The highest BCUT2D eigenvalue weighted by Crippen LogP contribution is 2.32. The zero-order chi connectivity index (χ0) is 19.0. The van der Waals surface area contributed by atoms with Crippen LogP contribution in [0.5, 0.6) is 11.5 Å². The number of carboxylic acids is 1. The largest absolute Gasteiger partial charge is 0.545 e. The van der Waals surface area contributed by atoms with Gasteiger partial charge in [-0.15, -0.1) is 0 Å². The van der Waals surface area contributed by atoms with Crippen LogP contribution in [0, 0.1) is 0 Å². The molecule has 0 fully saturated rings. The summed E-state index contributed by atoms with van der Waals surface area (Å²) in [6.07, 6.45) is 0. The van der Waals surface area contributed by atoms with E-state index in [2.05, 4.69) is 0 Å². The number of nitrogens with zero attached hydrogens (tertiary/aromatic N) is 1. The summed E-state index contributed by atoms with van der Waals surface area (Å²) in [6.45, 7) is 0. The minimum atomic E-state index is -1.38. The monoisotopic (exact) mass is 358 g/mol. The number of hydrogen-bond donors (Lipinski definition) is 0. The first-order chi connectivity index (χ1) is 13.0. The molecule has 2 amide bonds. The molecule has 0 spiro atoms. The van der Waals surface area contributed by atoms with Crippen molar-refractivity contribution in [1.29, 1.82) is 0 Å². The second-order valence-electron chi connectivity index (χ2n) is 5.91. The molecule has 27 heavy (non-hydrogen) atoms. The molecule has 0 bridgehead atoms. The Labute approximate surface area is 154 Å². The summed E-state index contributed by atoms with van der Waals surface area (Å²) in [7, 11) is 0. The van der Waals surface area contributed by atoms with Gasteiger partial charge in [0.1, 0.15) is 11.5 Å². The first-order valence-corrected chi connectivity index (χ1v) is 8.12. The molecule has 1 aliphatic heterocycles. The number of benzene rings is 3. The first kappa shape index (κ1) is 16.5. The Bertz CT molecular complexity index is 1070. The zero-order valence-electron chi connectivity index (χ0n) is 13.9. The van der Waals surface area contributed by atoms with Crippen molar-refractivity contribution in [1.82, 2.24) is 0 Å². The number of anilines is 1. The van der Waals surface area contributed by atoms with Crippen molar-refractivity contribution >= 4 is 23.5 Å². The molecule has 0 radical (unpaired) electrons. The lowest BCUT2D eigenvalue weighted by Crippen LogP contribution is -2.30. The standard InChI is InChI=1S/C21H13NO5/c23-19-17-10-9-16(27-15-7-2-1-3-8-15)12-18(17)20(24)22(19)14-6-4-5-13(11-14)21(25)26/h1-12H,(H,25,26)/p-1. The molecule has 1 heterocycles. The van der Waals surface area contributed by atoms with Gasteiger partial charge in [-0.05, 0) is 48.0 Å². The van der Waals surface area contributed by atoms with Crippen LogP contribution in [0.3, 0.4) is 0 Å². The smallest absolute Gasteiger partial charge is 0.266 e. The number of fused-ring (bicyclic) bond motifs is 1. The molecular weight excluding hydrogens is 346 g/mol. The minimum Gasteiger partial charge on any atom is -0.545 e. The van der Waals surface area contributed by atoms with Gasteiger partial charge in [-0.1, -0.05) is 30.3 Å². The van der Waals surface area contributed by atoms with E-state index in [4.69, 9.17) is 4.74 Å². The Morgan fingerprint density at radius 3 is 2.26 bits per heavy atom. The summed E-state index contributed by atoms with van der Waals surface area (Å²) in [6, 6.07) is 19.2. The number of carboxylic acid groups (broad SMARTS) is 1. The summed E-state index contributed by atoms with van der Waals surface area (Å²) in [4.78, 5) is 37.4. The summed E-state index contributed by atoms with van der Waals surface area (Å²) in [5, 5.41) is 11.1. The van der Waals surface area contributed by atoms with Crippen LogP contribution in [0.4, 0.5) is 5.69 Å². The van der Waals surface area contributed by atoms with Crippen molar-refractivity contribution < 1.29 is 24.2 Å². The summed E-state index contributed by atoms with van der Waals surface area (Å²) in [5.41, 5.74) is 0.497. The Morgan fingerprint density at radius 2 is 1.52 bits per heavy atom. The fourth-order valence-corrected chi connectivity index (χ4v) is 2.91. The highest BCUT2D eigenvalue weighted by Gasteiger charge is 2.37. The maximum atomic E-state index is 12.8. The van der Waals surface area contributed by atoms with Crippen LogP contribution in [-0.2, 0) is 0 Å². The average molecular weight is 358 g/mol. The van der Waals surface area contributed by atoms with Crippen LogP contribution in [0.2, 0.25) is 0 Å². The maximum absolute atomic E-state index is 12.8. The summed E-state index contributed by atoms with van der Waals surface area (Å²) >= 11 is 0. The zero-order valence-corrected chi connectivity index (χ0v) is 13.9. The number of para-hydroxylation sites is 1. The highest BCUT2D eigenvalue weighted by atomic mass is 16.5. The van der Waals surface area contributed by atoms with Gasteiger partial charge in [0.05, 0.1) is 22.8 Å². The van der Waals surface area contributed by atoms with Gasteiger partial charge in [-0.2, -0.15) is 0 Å². The van der Waals surface area contributed by atoms with E-state index < -0.39 is 17.8 Å². The Kier molecular flexibility index (Phi) is 3.93.